The van der Waals surface area contributed by atoms with Gasteiger partial charge < -0.3 is 19.7 Å². The van der Waals surface area contributed by atoms with Crippen molar-refractivity contribution in [2.24, 2.45) is 10.2 Å². The van der Waals surface area contributed by atoms with Crippen LogP contribution in [0.25, 0.3) is 0 Å². The molecule has 198 valence electrons. The summed E-state index contributed by atoms with van der Waals surface area (Å²) in [6, 6.07) is 7.70. The lowest BCUT2D eigenvalue weighted by molar-refractivity contribution is 0.0954. The molecule has 0 saturated carbocycles. The van der Waals surface area contributed by atoms with Crippen LogP contribution >= 0.6 is 31.9 Å². The number of nitrogens with one attached hydrogen (secondary N) is 2. The third-order valence-corrected chi connectivity index (χ3v) is 6.40. The summed E-state index contributed by atoms with van der Waals surface area (Å²) < 4.78 is 11.0. The minimum atomic E-state index is -0.574. The van der Waals surface area contributed by atoms with E-state index in [9.17, 15) is 19.8 Å². The average Bonchev–Trinajstić information content (AvgIpc) is 2.87. The smallest absolute Gasteiger partial charge is 0.273 e. The third kappa shape index (κ3) is 6.66. The van der Waals surface area contributed by atoms with Crippen molar-refractivity contribution in [2.75, 3.05) is 14.2 Å². The van der Waals surface area contributed by atoms with E-state index in [1.54, 1.807) is 38.1 Å². The molecule has 0 aliphatic rings. The molecule has 3 rings (SSSR count). The van der Waals surface area contributed by atoms with Crippen LogP contribution in [0.5, 0.6) is 23.0 Å². The Morgan fingerprint density at radius 3 is 1.55 bits per heavy atom. The summed E-state index contributed by atoms with van der Waals surface area (Å²) in [5.41, 5.74) is 7.04. The number of aryl methyl sites for hydroxylation is 2. The SMILES string of the molecule is COc1cc(/C=N/NC(=O)c2cc(C(=O)N/N=C/c3cc(Br)c(O)c(OC)c3)c(C)nc2C)cc(Br)c1O. The maximum Gasteiger partial charge on any atom is 0.273 e. The highest BCUT2D eigenvalue weighted by atomic mass is 79.9. The molecule has 0 fully saturated rings. The molecular weight excluding hydrogens is 626 g/mol. The van der Waals surface area contributed by atoms with Crippen molar-refractivity contribution in [1.82, 2.24) is 15.8 Å². The van der Waals surface area contributed by atoms with Crippen molar-refractivity contribution in [3.05, 3.63) is 72.9 Å². The fourth-order valence-corrected chi connectivity index (χ4v) is 4.20. The van der Waals surface area contributed by atoms with E-state index in [2.05, 4.69) is 57.9 Å². The number of benzene rings is 2. The van der Waals surface area contributed by atoms with Gasteiger partial charge >= 0.3 is 0 Å². The van der Waals surface area contributed by atoms with Crippen LogP contribution in [0.3, 0.4) is 0 Å². The van der Waals surface area contributed by atoms with Crippen LogP contribution in [-0.2, 0) is 0 Å². The number of pyridine rings is 1. The summed E-state index contributed by atoms with van der Waals surface area (Å²) in [5.74, 6) is -0.784. The molecule has 0 radical (unpaired) electrons. The van der Waals surface area contributed by atoms with Gasteiger partial charge in [-0.2, -0.15) is 10.2 Å². The number of aromatic hydroxyl groups is 2. The van der Waals surface area contributed by atoms with Gasteiger partial charge in [-0.15, -0.1) is 0 Å². The molecule has 2 amide bonds. The molecule has 1 aromatic heterocycles. The van der Waals surface area contributed by atoms with Crippen molar-refractivity contribution in [3.63, 3.8) is 0 Å². The van der Waals surface area contributed by atoms with Gasteiger partial charge in [-0.1, -0.05) is 0 Å². The van der Waals surface area contributed by atoms with Gasteiger partial charge in [0, 0.05) is 0 Å². The zero-order chi connectivity index (χ0) is 28.0. The first kappa shape index (κ1) is 28.6. The normalized spacial score (nSPS) is 11.1. The predicted molar refractivity (Wildman–Crippen MR) is 149 cm³/mol. The Balaban J connectivity index is 1.74. The zero-order valence-corrected chi connectivity index (χ0v) is 23.8. The molecule has 0 unspecified atom stereocenters. The first-order chi connectivity index (χ1) is 18.0. The number of ether oxygens (including phenoxy) is 2. The van der Waals surface area contributed by atoms with Gasteiger partial charge in [-0.05, 0) is 87.2 Å². The summed E-state index contributed by atoms with van der Waals surface area (Å²) in [6.45, 7) is 3.28. The number of amides is 2. The zero-order valence-electron chi connectivity index (χ0n) is 20.7. The van der Waals surface area contributed by atoms with Crippen LogP contribution in [0.4, 0.5) is 0 Å². The number of nitrogens with zero attached hydrogens (tertiary/aromatic N) is 3. The molecule has 38 heavy (non-hydrogen) atoms. The molecule has 1 heterocycles. The molecule has 0 aliphatic carbocycles. The van der Waals surface area contributed by atoms with E-state index in [4.69, 9.17) is 9.47 Å². The highest BCUT2D eigenvalue weighted by Gasteiger charge is 2.17. The van der Waals surface area contributed by atoms with Crippen molar-refractivity contribution in [3.8, 4) is 23.0 Å². The molecule has 0 spiro atoms. The van der Waals surface area contributed by atoms with Crippen LogP contribution in [-0.4, -0.2) is 53.7 Å². The second-order valence-electron chi connectivity index (χ2n) is 7.76. The van der Waals surface area contributed by atoms with E-state index in [0.29, 0.717) is 31.5 Å². The summed E-state index contributed by atoms with van der Waals surface area (Å²) in [4.78, 5) is 29.8. The Morgan fingerprint density at radius 1 is 0.789 bits per heavy atom. The number of rotatable bonds is 8. The van der Waals surface area contributed by atoms with E-state index in [1.165, 1.54) is 32.7 Å². The first-order valence-electron chi connectivity index (χ1n) is 10.8. The van der Waals surface area contributed by atoms with Crippen LogP contribution in [0.1, 0.15) is 43.2 Å². The van der Waals surface area contributed by atoms with Gasteiger partial charge in [0.2, 0.25) is 0 Å². The summed E-state index contributed by atoms with van der Waals surface area (Å²) in [5, 5.41) is 27.7. The Labute approximate surface area is 234 Å². The number of phenols is 2. The van der Waals surface area contributed by atoms with Crippen molar-refractivity contribution in [2.45, 2.75) is 13.8 Å². The maximum absolute atomic E-state index is 12.8. The van der Waals surface area contributed by atoms with Crippen LogP contribution in [0.2, 0.25) is 0 Å². The number of hydrogen-bond acceptors (Lipinski definition) is 9. The predicted octanol–water partition coefficient (Wildman–Crippen LogP) is 4.18. The standard InChI is InChI=1S/C25H23Br2N5O6/c1-12-16(24(35)31-28-10-14-5-18(26)22(33)20(7-14)37-3)9-17(13(2)30-12)25(36)32-29-11-15-6-19(27)23(34)21(8-15)38-4/h5-11,33-34H,1-4H3,(H,31,35)(H,32,36)/b28-10+,29-11+. The average molecular weight is 649 g/mol. The summed E-state index contributed by atoms with van der Waals surface area (Å²) in [7, 11) is 2.83. The molecule has 0 saturated heterocycles. The number of phenolic OH excluding ortho intramolecular Hbond substituents is 2. The molecule has 11 nitrogen and oxygen atoms in total. The van der Waals surface area contributed by atoms with Crippen molar-refractivity contribution >= 4 is 56.1 Å². The highest BCUT2D eigenvalue weighted by Crippen LogP contribution is 2.35. The Hall–Kier alpha value is -3.97. The van der Waals surface area contributed by atoms with Crippen LogP contribution in [0, 0.1) is 13.8 Å². The van der Waals surface area contributed by atoms with Crippen molar-refractivity contribution in [1.29, 1.82) is 0 Å². The molecule has 0 bridgehead atoms. The number of hydrogen-bond donors (Lipinski definition) is 4. The second kappa shape index (κ2) is 12.5. The molecule has 0 atom stereocenters. The topological polar surface area (TPSA) is 155 Å². The van der Waals surface area contributed by atoms with E-state index in [-0.39, 0.29) is 34.1 Å². The lowest BCUT2D eigenvalue weighted by Crippen LogP contribution is -2.23. The molecule has 13 heteroatoms. The third-order valence-electron chi connectivity index (χ3n) is 5.19. The van der Waals surface area contributed by atoms with Gasteiger partial charge in [0.1, 0.15) is 0 Å². The van der Waals surface area contributed by atoms with Gasteiger partial charge in [0.15, 0.2) is 23.0 Å². The van der Waals surface area contributed by atoms with E-state index in [0.717, 1.165) is 0 Å². The molecule has 3 aromatic rings. The fourth-order valence-electron chi connectivity index (χ4n) is 3.28. The number of halogens is 2. The largest absolute Gasteiger partial charge is 0.503 e. The number of aromatic nitrogens is 1. The number of hydrazone groups is 2. The Morgan fingerprint density at radius 2 is 1.18 bits per heavy atom. The molecule has 2 aromatic carbocycles. The lowest BCUT2D eigenvalue weighted by atomic mass is 10.1. The van der Waals surface area contributed by atoms with Gasteiger partial charge in [0.05, 0.1) is 58.1 Å². The summed E-state index contributed by atoms with van der Waals surface area (Å²) >= 11 is 6.45. The minimum absolute atomic E-state index is 0.0548. The van der Waals surface area contributed by atoms with Gasteiger partial charge in [0.25, 0.3) is 11.8 Å². The number of carbonyl (C=O) groups is 2. The lowest BCUT2D eigenvalue weighted by Gasteiger charge is -2.10. The molecule has 4 N–H and O–H groups in total. The van der Waals surface area contributed by atoms with E-state index >= 15 is 0 Å². The van der Waals surface area contributed by atoms with E-state index < -0.39 is 11.8 Å². The Kier molecular flexibility index (Phi) is 9.42. The van der Waals surface area contributed by atoms with Crippen LogP contribution < -0.4 is 20.3 Å². The quantitative estimate of drug-likeness (QED) is 0.211. The Bertz CT molecular complexity index is 1350. The monoisotopic (exact) mass is 647 g/mol. The number of carbonyl (C=O) groups excluding carboxylic acids is 2. The minimum Gasteiger partial charge on any atom is -0.503 e. The van der Waals surface area contributed by atoms with Gasteiger partial charge in [-0.25, -0.2) is 10.9 Å². The highest BCUT2D eigenvalue weighted by molar-refractivity contribution is 9.11. The van der Waals surface area contributed by atoms with E-state index in [1.807, 2.05) is 0 Å². The molecular formula is C25H23Br2N5O6. The number of methoxy groups -OCH3 is 2. The first-order valence-corrected chi connectivity index (χ1v) is 12.4. The van der Waals surface area contributed by atoms with Crippen LogP contribution in [0.15, 0.2) is 49.5 Å². The van der Waals surface area contributed by atoms with Gasteiger partial charge in [-0.3, -0.25) is 14.6 Å². The van der Waals surface area contributed by atoms with Crippen molar-refractivity contribution < 1.29 is 29.3 Å². The summed E-state index contributed by atoms with van der Waals surface area (Å²) in [6.07, 6.45) is 2.75. The molecule has 0 aliphatic heterocycles. The second-order valence-corrected chi connectivity index (χ2v) is 9.47. The fraction of sp³-hybridized carbons (Fsp3) is 0.160. The maximum atomic E-state index is 12.8.